The third-order valence-electron chi connectivity index (χ3n) is 2.87. The van der Waals surface area contributed by atoms with Crippen molar-refractivity contribution >= 4 is 24.2 Å². The first-order valence-electron chi connectivity index (χ1n) is 5.75. The minimum Gasteiger partial charge on any atom is -0.315 e. The molecule has 0 aliphatic carbocycles. The average molecular weight is 257 g/mol. The maximum absolute atomic E-state index is 11.5. The van der Waals surface area contributed by atoms with Crippen LogP contribution in [0, 0.1) is 0 Å². The van der Waals surface area contributed by atoms with Gasteiger partial charge in [0, 0.05) is 12.7 Å². The molecular formula is C15H15NOS. The van der Waals surface area contributed by atoms with E-state index in [-0.39, 0.29) is 11.7 Å². The number of carbonyl (C=O) groups is 1. The molecule has 0 fully saturated rings. The predicted molar refractivity (Wildman–Crippen MR) is 79.1 cm³/mol. The van der Waals surface area contributed by atoms with Gasteiger partial charge in [-0.2, -0.15) is 12.6 Å². The summed E-state index contributed by atoms with van der Waals surface area (Å²) in [4.78, 5) is 13.1. The fourth-order valence-electron chi connectivity index (χ4n) is 1.76. The first-order chi connectivity index (χ1) is 8.72. The van der Waals surface area contributed by atoms with Crippen LogP contribution in [0.3, 0.4) is 0 Å². The molecule has 0 saturated carbocycles. The van der Waals surface area contributed by atoms with Gasteiger partial charge in [-0.05, 0) is 23.3 Å². The van der Waals surface area contributed by atoms with Crippen LogP contribution in [-0.4, -0.2) is 18.7 Å². The van der Waals surface area contributed by atoms with Gasteiger partial charge in [0.2, 0.25) is 5.91 Å². The van der Waals surface area contributed by atoms with Gasteiger partial charge in [-0.25, -0.2) is 0 Å². The van der Waals surface area contributed by atoms with Crippen molar-refractivity contribution in [3.63, 3.8) is 0 Å². The molecule has 3 heteroatoms. The van der Waals surface area contributed by atoms with Gasteiger partial charge in [-0.1, -0.05) is 42.5 Å². The van der Waals surface area contributed by atoms with E-state index in [1.165, 1.54) is 5.56 Å². The first-order valence-corrected chi connectivity index (χ1v) is 6.38. The zero-order valence-corrected chi connectivity index (χ0v) is 11.1. The molecule has 0 atom stereocenters. The van der Waals surface area contributed by atoms with E-state index in [2.05, 4.69) is 24.8 Å². The molecule has 0 aliphatic rings. The lowest BCUT2D eigenvalue weighted by atomic mass is 10.1. The monoisotopic (exact) mass is 257 g/mol. The highest BCUT2D eigenvalue weighted by Gasteiger charge is 2.08. The third-order valence-corrected chi connectivity index (χ3v) is 3.14. The van der Waals surface area contributed by atoms with Crippen molar-refractivity contribution in [3.05, 3.63) is 54.6 Å². The maximum Gasteiger partial charge on any atom is 0.236 e. The topological polar surface area (TPSA) is 20.3 Å². The molecule has 2 rings (SSSR count). The van der Waals surface area contributed by atoms with Gasteiger partial charge in [0.1, 0.15) is 0 Å². The van der Waals surface area contributed by atoms with Crippen LogP contribution >= 0.6 is 12.6 Å². The smallest absolute Gasteiger partial charge is 0.236 e. The van der Waals surface area contributed by atoms with E-state index >= 15 is 0 Å². The number of anilines is 1. The fourth-order valence-corrected chi connectivity index (χ4v) is 1.97. The molecule has 0 N–H and O–H groups in total. The van der Waals surface area contributed by atoms with Gasteiger partial charge < -0.3 is 4.90 Å². The molecule has 0 heterocycles. The van der Waals surface area contributed by atoms with Crippen LogP contribution in [0.1, 0.15) is 0 Å². The van der Waals surface area contributed by atoms with Gasteiger partial charge in [0.05, 0.1) is 5.75 Å². The number of rotatable bonds is 3. The predicted octanol–water partition coefficient (Wildman–Crippen LogP) is 3.25. The van der Waals surface area contributed by atoms with Crippen LogP contribution in [0.4, 0.5) is 5.69 Å². The van der Waals surface area contributed by atoms with Crippen molar-refractivity contribution in [1.82, 2.24) is 0 Å². The Labute approximate surface area is 113 Å². The fraction of sp³-hybridized carbons (Fsp3) is 0.133. The maximum atomic E-state index is 11.5. The molecule has 0 aromatic heterocycles. The van der Waals surface area contributed by atoms with E-state index in [1.54, 1.807) is 11.9 Å². The summed E-state index contributed by atoms with van der Waals surface area (Å²) in [6.45, 7) is 0. The largest absolute Gasteiger partial charge is 0.315 e. The summed E-state index contributed by atoms with van der Waals surface area (Å²) in [5.41, 5.74) is 3.20. The number of hydrogen-bond donors (Lipinski definition) is 1. The van der Waals surface area contributed by atoms with Crippen LogP contribution in [0.25, 0.3) is 11.1 Å². The molecule has 0 saturated heterocycles. The summed E-state index contributed by atoms with van der Waals surface area (Å²) >= 11 is 3.99. The normalized spacial score (nSPS) is 10.1. The van der Waals surface area contributed by atoms with Crippen LogP contribution in [0.15, 0.2) is 54.6 Å². The Hall–Kier alpha value is -1.74. The molecule has 1 amide bonds. The van der Waals surface area contributed by atoms with E-state index in [0.29, 0.717) is 0 Å². The zero-order valence-electron chi connectivity index (χ0n) is 10.2. The first kappa shape index (κ1) is 12.7. The second-order valence-corrected chi connectivity index (χ2v) is 4.34. The lowest BCUT2D eigenvalue weighted by Crippen LogP contribution is -2.27. The Morgan fingerprint density at radius 3 is 2.11 bits per heavy atom. The molecule has 18 heavy (non-hydrogen) atoms. The number of carbonyl (C=O) groups excluding carboxylic acids is 1. The minimum absolute atomic E-state index is 0.00852. The third kappa shape index (κ3) is 2.74. The number of nitrogens with zero attached hydrogens (tertiary/aromatic N) is 1. The second-order valence-electron chi connectivity index (χ2n) is 4.02. The highest BCUT2D eigenvalue weighted by atomic mass is 32.1. The summed E-state index contributed by atoms with van der Waals surface area (Å²) in [5.74, 6) is 0.211. The quantitative estimate of drug-likeness (QED) is 0.837. The van der Waals surface area contributed by atoms with Crippen molar-refractivity contribution < 1.29 is 4.79 Å². The van der Waals surface area contributed by atoms with E-state index in [9.17, 15) is 4.79 Å². The summed E-state index contributed by atoms with van der Waals surface area (Å²) in [7, 11) is 1.76. The van der Waals surface area contributed by atoms with Gasteiger partial charge in [-0.15, -0.1) is 0 Å². The Morgan fingerprint density at radius 2 is 1.56 bits per heavy atom. The molecule has 0 radical (unpaired) electrons. The van der Waals surface area contributed by atoms with Crippen LogP contribution in [0.5, 0.6) is 0 Å². The summed E-state index contributed by atoms with van der Waals surface area (Å²) in [6.07, 6.45) is 0. The summed E-state index contributed by atoms with van der Waals surface area (Å²) in [6, 6.07) is 18.1. The van der Waals surface area contributed by atoms with E-state index < -0.39 is 0 Å². The highest BCUT2D eigenvalue weighted by molar-refractivity contribution is 7.81. The molecule has 92 valence electrons. The molecular weight excluding hydrogens is 242 g/mol. The Kier molecular flexibility index (Phi) is 4.05. The number of benzene rings is 2. The second kappa shape index (κ2) is 5.74. The van der Waals surface area contributed by atoms with Gasteiger partial charge >= 0.3 is 0 Å². The molecule has 2 nitrogen and oxygen atoms in total. The summed E-state index contributed by atoms with van der Waals surface area (Å²) < 4.78 is 0. The van der Waals surface area contributed by atoms with Crippen molar-refractivity contribution in [2.75, 3.05) is 17.7 Å². The summed E-state index contributed by atoms with van der Waals surface area (Å²) in [5, 5.41) is 0. The average Bonchev–Trinajstić information content (AvgIpc) is 2.47. The highest BCUT2D eigenvalue weighted by Crippen LogP contribution is 2.22. The van der Waals surface area contributed by atoms with Crippen molar-refractivity contribution in [3.8, 4) is 11.1 Å². The molecule has 2 aromatic carbocycles. The number of hydrogen-bond acceptors (Lipinski definition) is 2. The molecule has 0 bridgehead atoms. The van der Waals surface area contributed by atoms with Gasteiger partial charge in [0.15, 0.2) is 0 Å². The number of thiol groups is 1. The van der Waals surface area contributed by atoms with E-state index in [4.69, 9.17) is 0 Å². The molecule has 0 unspecified atom stereocenters. The van der Waals surface area contributed by atoms with Crippen molar-refractivity contribution in [2.45, 2.75) is 0 Å². The molecule has 2 aromatic rings. The Bertz CT molecular complexity index is 522. The van der Waals surface area contributed by atoms with Gasteiger partial charge in [-0.3, -0.25) is 4.79 Å². The minimum atomic E-state index is -0.00852. The van der Waals surface area contributed by atoms with E-state index in [0.717, 1.165) is 11.3 Å². The van der Waals surface area contributed by atoms with E-state index in [1.807, 2.05) is 42.5 Å². The van der Waals surface area contributed by atoms with Crippen LogP contribution < -0.4 is 4.90 Å². The SMILES string of the molecule is CN(C(=O)CS)c1ccc(-c2ccccc2)cc1. The molecule has 0 aliphatic heterocycles. The standard InChI is InChI=1S/C15H15NOS/c1-16(15(17)11-18)14-9-7-13(8-10-14)12-5-3-2-4-6-12/h2-10,18H,11H2,1H3. The van der Waals surface area contributed by atoms with Gasteiger partial charge in [0.25, 0.3) is 0 Å². The number of amides is 1. The van der Waals surface area contributed by atoms with Crippen molar-refractivity contribution in [2.24, 2.45) is 0 Å². The van der Waals surface area contributed by atoms with Crippen molar-refractivity contribution in [1.29, 1.82) is 0 Å². The Morgan fingerprint density at radius 1 is 1.00 bits per heavy atom. The zero-order chi connectivity index (χ0) is 13.0. The lowest BCUT2D eigenvalue weighted by molar-refractivity contribution is -0.115. The lowest BCUT2D eigenvalue weighted by Gasteiger charge is -2.16. The van der Waals surface area contributed by atoms with Crippen LogP contribution in [-0.2, 0) is 4.79 Å². The molecule has 0 spiro atoms. The Balaban J connectivity index is 2.23. The van der Waals surface area contributed by atoms with Crippen LogP contribution in [0.2, 0.25) is 0 Å².